The van der Waals surface area contributed by atoms with Gasteiger partial charge in [0.2, 0.25) is 0 Å². The fourth-order valence-electron chi connectivity index (χ4n) is 4.77. The topological polar surface area (TPSA) is 137 Å². The fraction of sp³-hybridized carbons (Fsp3) is 0.407. The van der Waals surface area contributed by atoms with E-state index in [-0.39, 0.29) is 24.8 Å². The molecule has 39 heavy (non-hydrogen) atoms. The number of nitrogens with zero attached hydrogens (tertiary/aromatic N) is 6. The van der Waals surface area contributed by atoms with Crippen LogP contribution in [-0.4, -0.2) is 60.9 Å². The number of pyridine rings is 2. The van der Waals surface area contributed by atoms with Crippen molar-refractivity contribution in [1.82, 2.24) is 35.1 Å². The highest BCUT2D eigenvalue weighted by Gasteiger charge is 2.28. The zero-order valence-electron chi connectivity index (χ0n) is 22.0. The van der Waals surface area contributed by atoms with Crippen molar-refractivity contribution >= 4 is 16.9 Å². The number of hydrogen-bond donors (Lipinski definition) is 1. The van der Waals surface area contributed by atoms with E-state index in [2.05, 4.69) is 37.3 Å². The molecule has 0 radical (unpaired) electrons. The van der Waals surface area contributed by atoms with Gasteiger partial charge < -0.3 is 19.2 Å². The van der Waals surface area contributed by atoms with Crippen LogP contribution in [0.4, 0.5) is 0 Å². The maximum absolute atomic E-state index is 13.3. The molecule has 1 aliphatic heterocycles. The number of fused-ring (bicyclic) bond motifs is 2. The Morgan fingerprint density at radius 2 is 2.00 bits per heavy atom. The minimum absolute atomic E-state index is 0.0964. The van der Waals surface area contributed by atoms with Crippen LogP contribution in [0.2, 0.25) is 0 Å². The van der Waals surface area contributed by atoms with Gasteiger partial charge in [0.05, 0.1) is 18.2 Å². The molecule has 12 heteroatoms. The zero-order chi connectivity index (χ0) is 27.2. The van der Waals surface area contributed by atoms with Gasteiger partial charge in [0, 0.05) is 42.5 Å². The highest BCUT2D eigenvalue weighted by atomic mass is 16.6. The van der Waals surface area contributed by atoms with Gasteiger partial charge in [-0.2, -0.15) is 0 Å². The van der Waals surface area contributed by atoms with Crippen LogP contribution in [0.3, 0.4) is 0 Å². The van der Waals surface area contributed by atoms with Gasteiger partial charge in [-0.05, 0) is 47.5 Å². The number of hydrogen-bond acceptors (Lipinski definition) is 10. The molecule has 0 spiro atoms. The molecule has 4 heterocycles. The van der Waals surface area contributed by atoms with E-state index in [0.29, 0.717) is 61.1 Å². The van der Waals surface area contributed by atoms with Crippen molar-refractivity contribution in [2.45, 2.75) is 52.4 Å². The summed E-state index contributed by atoms with van der Waals surface area (Å²) in [5.74, 6) is 1.39. The van der Waals surface area contributed by atoms with Gasteiger partial charge in [0.25, 0.3) is 5.56 Å². The first kappa shape index (κ1) is 26.3. The molecule has 0 saturated carbocycles. The van der Waals surface area contributed by atoms with Crippen molar-refractivity contribution in [3.05, 3.63) is 70.0 Å². The van der Waals surface area contributed by atoms with Crippen LogP contribution in [-0.2, 0) is 29.2 Å². The predicted molar refractivity (Wildman–Crippen MR) is 141 cm³/mol. The van der Waals surface area contributed by atoms with Crippen molar-refractivity contribution < 1.29 is 19.0 Å². The first-order chi connectivity index (χ1) is 19.1. The van der Waals surface area contributed by atoms with Gasteiger partial charge >= 0.3 is 5.97 Å². The normalized spacial score (nSPS) is 13.5. The Labute approximate surface area is 224 Å². The highest BCUT2D eigenvalue weighted by Crippen LogP contribution is 2.34. The van der Waals surface area contributed by atoms with Crippen LogP contribution in [0, 0.1) is 0 Å². The molecule has 1 unspecified atom stereocenters. The Balaban J connectivity index is 1.52. The quantitative estimate of drug-likeness (QED) is 0.287. The lowest BCUT2D eigenvalue weighted by atomic mass is 10.1. The van der Waals surface area contributed by atoms with E-state index in [1.54, 1.807) is 25.4 Å². The van der Waals surface area contributed by atoms with Crippen LogP contribution in [0.25, 0.3) is 10.9 Å². The molecule has 204 valence electrons. The van der Waals surface area contributed by atoms with E-state index < -0.39 is 5.97 Å². The van der Waals surface area contributed by atoms with Crippen LogP contribution in [0.1, 0.15) is 49.7 Å². The van der Waals surface area contributed by atoms with E-state index in [4.69, 9.17) is 14.2 Å². The minimum Gasteiger partial charge on any atom is -0.486 e. The van der Waals surface area contributed by atoms with Crippen molar-refractivity contribution in [1.29, 1.82) is 0 Å². The van der Waals surface area contributed by atoms with Crippen molar-refractivity contribution in [2.24, 2.45) is 0 Å². The number of H-pyrrole nitrogens is 1. The number of carbonyl (C=O) groups excluding carboxylic acids is 1. The van der Waals surface area contributed by atoms with Gasteiger partial charge in [-0.1, -0.05) is 19.4 Å². The molecule has 0 saturated heterocycles. The third kappa shape index (κ3) is 6.06. The van der Waals surface area contributed by atoms with E-state index in [0.717, 1.165) is 17.4 Å². The van der Waals surface area contributed by atoms with E-state index in [9.17, 15) is 9.59 Å². The molecule has 0 amide bonds. The number of ether oxygens (including phenoxy) is 3. The Bertz CT molecular complexity index is 1490. The molecule has 1 atom stereocenters. The first-order valence-electron chi connectivity index (χ1n) is 13.1. The smallest absolute Gasteiger partial charge is 0.327 e. The number of rotatable bonds is 11. The Morgan fingerprint density at radius 1 is 1.18 bits per heavy atom. The summed E-state index contributed by atoms with van der Waals surface area (Å²) in [5, 5.41) is 13.1. The average Bonchev–Trinajstić information content (AvgIpc) is 3.39. The molecule has 12 nitrogen and oxygen atoms in total. The molecule has 4 aromatic rings. The number of aromatic nitrogens is 6. The monoisotopic (exact) mass is 533 g/mol. The Kier molecular flexibility index (Phi) is 8.11. The van der Waals surface area contributed by atoms with Gasteiger partial charge in [0.15, 0.2) is 17.3 Å². The molecule has 1 N–H and O–H groups in total. The van der Waals surface area contributed by atoms with Gasteiger partial charge in [-0.3, -0.25) is 19.5 Å². The number of nitrogens with one attached hydrogen (secondary N) is 1. The van der Waals surface area contributed by atoms with Crippen molar-refractivity contribution in [3.8, 4) is 11.5 Å². The van der Waals surface area contributed by atoms with E-state index in [1.807, 2.05) is 24.3 Å². The molecule has 0 fully saturated rings. The fourth-order valence-corrected chi connectivity index (χ4v) is 4.77. The second-order valence-corrected chi connectivity index (χ2v) is 9.28. The zero-order valence-corrected chi connectivity index (χ0v) is 22.0. The minimum atomic E-state index is -0.416. The standard InChI is InChI=1S/C27H31N7O5/c1-3-6-22(26-30-31-32-34(26)17-25(35)37-4-2)33(15-18-7-5-8-28-14-18)16-20-11-19-12-23-24(39-10-9-38-23)13-21(19)29-27(20)36/h5,7-8,11-14,22H,3-4,6,9-10,15-17H2,1-2H3,(H,29,36). The number of benzene rings is 1. The number of tetrazole rings is 1. The number of esters is 1. The molecule has 1 aliphatic rings. The summed E-state index contributed by atoms with van der Waals surface area (Å²) in [4.78, 5) is 34.9. The summed E-state index contributed by atoms with van der Waals surface area (Å²) < 4.78 is 18.0. The van der Waals surface area contributed by atoms with Crippen LogP contribution in [0.15, 0.2) is 47.5 Å². The van der Waals surface area contributed by atoms with E-state index >= 15 is 0 Å². The van der Waals surface area contributed by atoms with Gasteiger partial charge in [-0.25, -0.2) is 4.68 Å². The van der Waals surface area contributed by atoms with Crippen LogP contribution < -0.4 is 15.0 Å². The largest absolute Gasteiger partial charge is 0.486 e. The third-order valence-corrected chi connectivity index (χ3v) is 6.51. The summed E-state index contributed by atoms with van der Waals surface area (Å²) >= 11 is 0. The first-order valence-corrected chi connectivity index (χ1v) is 13.1. The second-order valence-electron chi connectivity index (χ2n) is 9.28. The molecular formula is C27H31N7O5. The molecule has 0 bridgehead atoms. The molecule has 0 aliphatic carbocycles. The highest BCUT2D eigenvalue weighted by molar-refractivity contribution is 5.83. The lowest BCUT2D eigenvalue weighted by Gasteiger charge is -2.30. The predicted octanol–water partition coefficient (Wildman–Crippen LogP) is 2.79. The Morgan fingerprint density at radius 3 is 2.74 bits per heavy atom. The summed E-state index contributed by atoms with van der Waals surface area (Å²) in [6.45, 7) is 5.75. The van der Waals surface area contributed by atoms with Gasteiger partial charge in [-0.15, -0.1) is 5.10 Å². The average molecular weight is 534 g/mol. The maximum atomic E-state index is 13.3. The summed E-state index contributed by atoms with van der Waals surface area (Å²) in [6, 6.07) is 9.15. The van der Waals surface area contributed by atoms with Crippen molar-refractivity contribution in [2.75, 3.05) is 19.8 Å². The van der Waals surface area contributed by atoms with Crippen molar-refractivity contribution in [3.63, 3.8) is 0 Å². The second kappa shape index (κ2) is 12.0. The molecular weight excluding hydrogens is 502 g/mol. The summed E-state index contributed by atoms with van der Waals surface area (Å²) in [7, 11) is 0. The lowest BCUT2D eigenvalue weighted by molar-refractivity contribution is -0.144. The van der Waals surface area contributed by atoms with E-state index in [1.165, 1.54) is 4.68 Å². The van der Waals surface area contributed by atoms with Crippen LogP contribution >= 0.6 is 0 Å². The number of carbonyl (C=O) groups is 1. The lowest BCUT2D eigenvalue weighted by Crippen LogP contribution is -2.33. The number of aromatic amines is 1. The Hall–Kier alpha value is -4.32. The molecule has 3 aromatic heterocycles. The maximum Gasteiger partial charge on any atom is 0.327 e. The summed E-state index contributed by atoms with van der Waals surface area (Å²) in [5.41, 5.74) is 2.03. The molecule has 5 rings (SSSR count). The van der Waals surface area contributed by atoms with Crippen LogP contribution in [0.5, 0.6) is 11.5 Å². The SMILES string of the molecule is CCCC(c1nnnn1CC(=O)OCC)N(Cc1cccnc1)Cc1cc2cc3c(cc2[nH]c1=O)OCCO3. The molecule has 1 aromatic carbocycles. The van der Waals surface area contributed by atoms with Gasteiger partial charge in [0.1, 0.15) is 19.8 Å². The third-order valence-electron chi connectivity index (χ3n) is 6.51. The summed E-state index contributed by atoms with van der Waals surface area (Å²) in [6.07, 6.45) is 5.05.